The average Bonchev–Trinajstić information content (AvgIpc) is 3.26. The SMILES string of the molecule is CC(=O)Nc1nnc(C2CCN(c3ccc(NC(=O)Cc4cccc(OC(F)(F)F)c4)nn3)CC2)s1. The van der Waals surface area contributed by atoms with Gasteiger partial charge in [-0.3, -0.25) is 9.59 Å². The lowest BCUT2D eigenvalue weighted by molar-refractivity contribution is -0.274. The first-order valence-corrected chi connectivity index (χ1v) is 11.8. The molecule has 10 nitrogen and oxygen atoms in total. The van der Waals surface area contributed by atoms with E-state index in [2.05, 4.69) is 40.7 Å². The van der Waals surface area contributed by atoms with Crippen LogP contribution in [0.4, 0.5) is 29.9 Å². The third-order valence-corrected chi connectivity index (χ3v) is 6.31. The van der Waals surface area contributed by atoms with Crippen molar-refractivity contribution in [3.05, 3.63) is 47.0 Å². The maximum Gasteiger partial charge on any atom is 0.573 e. The molecule has 4 rings (SSSR count). The molecule has 0 aliphatic carbocycles. The van der Waals surface area contributed by atoms with Gasteiger partial charge in [0.15, 0.2) is 11.6 Å². The van der Waals surface area contributed by atoms with Crippen molar-refractivity contribution in [1.29, 1.82) is 0 Å². The summed E-state index contributed by atoms with van der Waals surface area (Å²) in [6.45, 7) is 2.89. The second-order valence-electron chi connectivity index (χ2n) is 8.08. The van der Waals surface area contributed by atoms with Gasteiger partial charge in [-0.1, -0.05) is 23.5 Å². The Labute approximate surface area is 207 Å². The fraction of sp³-hybridized carbons (Fsp3) is 0.364. The smallest absolute Gasteiger partial charge is 0.406 e. The molecule has 36 heavy (non-hydrogen) atoms. The van der Waals surface area contributed by atoms with Crippen LogP contribution in [0, 0.1) is 0 Å². The summed E-state index contributed by atoms with van der Waals surface area (Å²) in [7, 11) is 0. The van der Waals surface area contributed by atoms with Crippen molar-refractivity contribution >= 4 is 39.9 Å². The van der Waals surface area contributed by atoms with Gasteiger partial charge in [-0.05, 0) is 42.7 Å². The molecule has 0 saturated carbocycles. The topological polar surface area (TPSA) is 122 Å². The summed E-state index contributed by atoms with van der Waals surface area (Å²) >= 11 is 1.38. The van der Waals surface area contributed by atoms with Gasteiger partial charge in [-0.15, -0.1) is 33.6 Å². The van der Waals surface area contributed by atoms with Crippen LogP contribution >= 0.6 is 11.3 Å². The largest absolute Gasteiger partial charge is 0.573 e. The third kappa shape index (κ3) is 7.10. The van der Waals surface area contributed by atoms with Gasteiger partial charge in [0, 0.05) is 25.9 Å². The Morgan fingerprint density at radius 2 is 1.86 bits per heavy atom. The van der Waals surface area contributed by atoms with Crippen LogP contribution < -0.4 is 20.3 Å². The predicted octanol–water partition coefficient (Wildman–Crippen LogP) is 3.75. The van der Waals surface area contributed by atoms with E-state index in [0.717, 1.165) is 37.0 Å². The quantitative estimate of drug-likeness (QED) is 0.482. The number of nitrogens with zero attached hydrogens (tertiary/aromatic N) is 5. The van der Waals surface area contributed by atoms with Crippen LogP contribution in [0.2, 0.25) is 0 Å². The van der Waals surface area contributed by atoms with Gasteiger partial charge >= 0.3 is 6.36 Å². The molecule has 1 aliphatic heterocycles. The van der Waals surface area contributed by atoms with E-state index in [1.165, 1.54) is 36.5 Å². The van der Waals surface area contributed by atoms with Crippen molar-refractivity contribution in [2.45, 2.75) is 38.5 Å². The van der Waals surface area contributed by atoms with Gasteiger partial charge in [-0.25, -0.2) is 0 Å². The lowest BCUT2D eigenvalue weighted by atomic mass is 9.98. The molecule has 1 aromatic carbocycles. The molecule has 2 aromatic heterocycles. The average molecular weight is 522 g/mol. The minimum atomic E-state index is -4.80. The summed E-state index contributed by atoms with van der Waals surface area (Å²) in [5.74, 6) is 0.126. The van der Waals surface area contributed by atoms with Gasteiger partial charge in [0.05, 0.1) is 6.42 Å². The summed E-state index contributed by atoms with van der Waals surface area (Å²) in [5, 5.41) is 23.1. The number of alkyl halides is 3. The van der Waals surface area contributed by atoms with Gasteiger partial charge in [-0.2, -0.15) is 0 Å². The van der Waals surface area contributed by atoms with E-state index in [0.29, 0.717) is 16.5 Å². The maximum absolute atomic E-state index is 12.4. The lowest BCUT2D eigenvalue weighted by Crippen LogP contribution is -2.33. The van der Waals surface area contributed by atoms with Crippen molar-refractivity contribution in [2.75, 3.05) is 28.6 Å². The summed E-state index contributed by atoms with van der Waals surface area (Å²) in [5.41, 5.74) is 0.362. The number of piperidine rings is 1. The Balaban J connectivity index is 1.27. The molecule has 0 radical (unpaired) electrons. The number of carbonyl (C=O) groups excluding carboxylic acids is 2. The van der Waals surface area contributed by atoms with Gasteiger partial charge < -0.3 is 20.3 Å². The minimum Gasteiger partial charge on any atom is -0.406 e. The van der Waals surface area contributed by atoms with E-state index in [4.69, 9.17) is 0 Å². The molecule has 0 atom stereocenters. The fourth-order valence-corrected chi connectivity index (χ4v) is 4.70. The van der Waals surface area contributed by atoms with Gasteiger partial charge in [0.2, 0.25) is 16.9 Å². The van der Waals surface area contributed by atoms with Crippen LogP contribution in [0.5, 0.6) is 5.75 Å². The molecule has 0 unspecified atom stereocenters. The molecule has 3 aromatic rings. The van der Waals surface area contributed by atoms with E-state index in [1.54, 1.807) is 12.1 Å². The number of aromatic nitrogens is 4. The van der Waals surface area contributed by atoms with Gasteiger partial charge in [0.1, 0.15) is 10.8 Å². The monoisotopic (exact) mass is 521 g/mol. The number of halogens is 3. The first-order chi connectivity index (χ1) is 17.1. The summed E-state index contributed by atoms with van der Waals surface area (Å²) in [6, 6.07) is 8.62. The standard InChI is InChI=1S/C22H22F3N7O3S/c1-13(33)26-21-31-30-20(36-21)15-7-9-32(10-8-15)18-6-5-17(28-29-18)27-19(34)12-14-3-2-4-16(11-14)35-22(23,24)25/h2-6,11,15H,7-10,12H2,1H3,(H,26,31,33)(H,27,28,34). The number of amides is 2. The summed E-state index contributed by atoms with van der Waals surface area (Å²) in [6.07, 6.45) is -3.28. The number of ether oxygens (including phenoxy) is 1. The van der Waals surface area contributed by atoms with Crippen molar-refractivity contribution < 1.29 is 27.5 Å². The number of benzene rings is 1. The maximum atomic E-state index is 12.4. The second-order valence-corrected chi connectivity index (χ2v) is 9.09. The van der Waals surface area contributed by atoms with Crippen LogP contribution in [-0.2, 0) is 16.0 Å². The third-order valence-electron chi connectivity index (χ3n) is 5.31. The number of anilines is 3. The highest BCUT2D eigenvalue weighted by Gasteiger charge is 2.31. The second kappa shape index (κ2) is 10.8. The van der Waals surface area contributed by atoms with E-state index in [-0.39, 0.29) is 29.8 Å². The summed E-state index contributed by atoms with van der Waals surface area (Å²) < 4.78 is 41.0. The highest BCUT2D eigenvalue weighted by Crippen LogP contribution is 2.33. The van der Waals surface area contributed by atoms with Crippen molar-refractivity contribution in [3.8, 4) is 5.75 Å². The zero-order valence-corrected chi connectivity index (χ0v) is 19.9. The first-order valence-electron chi connectivity index (χ1n) is 11.0. The molecular formula is C22H22F3N7O3S. The first kappa shape index (κ1) is 25.3. The van der Waals surface area contributed by atoms with Crippen molar-refractivity contribution in [3.63, 3.8) is 0 Å². The molecule has 190 valence electrons. The van der Waals surface area contributed by atoms with Crippen LogP contribution in [0.25, 0.3) is 0 Å². The normalized spacial score (nSPS) is 14.4. The predicted molar refractivity (Wildman–Crippen MR) is 126 cm³/mol. The Hall–Kier alpha value is -3.81. The molecule has 0 spiro atoms. The van der Waals surface area contributed by atoms with E-state index < -0.39 is 12.3 Å². The fourth-order valence-electron chi connectivity index (χ4n) is 3.74. The molecule has 1 saturated heterocycles. The molecule has 14 heteroatoms. The van der Waals surface area contributed by atoms with Crippen molar-refractivity contribution in [1.82, 2.24) is 20.4 Å². The Morgan fingerprint density at radius 1 is 1.08 bits per heavy atom. The van der Waals surface area contributed by atoms with Crippen LogP contribution in [0.1, 0.15) is 36.3 Å². The molecule has 1 aliphatic rings. The molecule has 2 N–H and O–H groups in total. The van der Waals surface area contributed by atoms with E-state index in [1.807, 2.05) is 0 Å². The molecule has 3 heterocycles. The zero-order chi connectivity index (χ0) is 25.7. The minimum absolute atomic E-state index is 0.152. The highest BCUT2D eigenvalue weighted by molar-refractivity contribution is 7.15. The van der Waals surface area contributed by atoms with Crippen LogP contribution in [0.15, 0.2) is 36.4 Å². The number of nitrogens with one attached hydrogen (secondary N) is 2. The Kier molecular flexibility index (Phi) is 7.62. The van der Waals surface area contributed by atoms with E-state index in [9.17, 15) is 22.8 Å². The van der Waals surface area contributed by atoms with Crippen molar-refractivity contribution in [2.24, 2.45) is 0 Å². The number of hydrogen-bond donors (Lipinski definition) is 2. The lowest BCUT2D eigenvalue weighted by Gasteiger charge is -2.31. The van der Waals surface area contributed by atoms with Crippen LogP contribution in [0.3, 0.4) is 0 Å². The molecular weight excluding hydrogens is 499 g/mol. The number of rotatable bonds is 7. The van der Waals surface area contributed by atoms with E-state index >= 15 is 0 Å². The van der Waals surface area contributed by atoms with Crippen LogP contribution in [-0.4, -0.2) is 51.7 Å². The molecule has 0 bridgehead atoms. The zero-order valence-electron chi connectivity index (χ0n) is 19.1. The number of carbonyl (C=O) groups is 2. The highest BCUT2D eigenvalue weighted by atomic mass is 32.1. The Morgan fingerprint density at radius 3 is 2.53 bits per heavy atom. The van der Waals surface area contributed by atoms with Gasteiger partial charge in [0.25, 0.3) is 0 Å². The Bertz CT molecular complexity index is 1210. The summed E-state index contributed by atoms with van der Waals surface area (Å²) in [4.78, 5) is 25.6. The molecule has 1 fully saturated rings. The number of hydrogen-bond acceptors (Lipinski definition) is 9. The molecule has 2 amide bonds.